The van der Waals surface area contributed by atoms with Crippen molar-refractivity contribution in [2.45, 2.75) is 31.2 Å². The van der Waals surface area contributed by atoms with Gasteiger partial charge in [0.15, 0.2) is 0 Å². The van der Waals surface area contributed by atoms with Gasteiger partial charge in [-0.25, -0.2) is 0 Å². The standard InChI is InChI=1S/C17H21BrN4O2S/c1-17(24)10-3-4-11(17)8-21(7-10)16(23)13-5-14-12(6-19-13)15(18)20-22(14)9-25-2/h5-6,10-11,24H,3-4,7-9H2,1-2H3. The zero-order valence-electron chi connectivity index (χ0n) is 14.3. The van der Waals surface area contributed by atoms with Gasteiger partial charge in [-0.15, -0.1) is 11.8 Å². The SMILES string of the molecule is CSCn1nc(Br)c2cnc(C(=O)N3CC4CCC(C3)C4(C)O)cc21. The summed E-state index contributed by atoms with van der Waals surface area (Å²) in [5.41, 5.74) is 0.713. The number of hydrogen-bond acceptors (Lipinski definition) is 5. The van der Waals surface area contributed by atoms with E-state index in [4.69, 9.17) is 0 Å². The fraction of sp³-hybridized carbons (Fsp3) is 0.588. The first kappa shape index (κ1) is 17.3. The molecule has 2 aromatic heterocycles. The number of carbonyl (C=O) groups excluding carboxylic acids is 1. The lowest BCUT2D eigenvalue weighted by Crippen LogP contribution is -2.53. The molecule has 2 unspecified atom stereocenters. The van der Waals surface area contributed by atoms with Crippen molar-refractivity contribution in [2.24, 2.45) is 11.8 Å². The lowest BCUT2D eigenvalue weighted by Gasteiger charge is -2.42. The van der Waals surface area contributed by atoms with E-state index in [-0.39, 0.29) is 17.7 Å². The van der Waals surface area contributed by atoms with E-state index in [0.717, 1.165) is 34.2 Å². The highest BCUT2D eigenvalue weighted by molar-refractivity contribution is 9.10. The smallest absolute Gasteiger partial charge is 0.272 e. The highest BCUT2D eigenvalue weighted by Gasteiger charge is 2.50. The third-order valence-electron chi connectivity index (χ3n) is 5.75. The molecule has 0 radical (unpaired) electrons. The van der Waals surface area contributed by atoms with Crippen molar-refractivity contribution < 1.29 is 9.90 Å². The first-order valence-corrected chi connectivity index (χ1v) is 10.6. The van der Waals surface area contributed by atoms with Crippen molar-refractivity contribution in [2.75, 3.05) is 19.3 Å². The molecule has 2 aromatic rings. The number of halogens is 1. The van der Waals surface area contributed by atoms with Crippen LogP contribution in [0.1, 0.15) is 30.3 Å². The van der Waals surface area contributed by atoms with Crippen LogP contribution in [0.4, 0.5) is 0 Å². The Bertz CT molecular complexity index is 821. The van der Waals surface area contributed by atoms with Crippen LogP contribution >= 0.6 is 27.7 Å². The third kappa shape index (κ3) is 2.78. The number of nitrogens with zero attached hydrogens (tertiary/aromatic N) is 4. The molecule has 25 heavy (non-hydrogen) atoms. The van der Waals surface area contributed by atoms with Gasteiger partial charge in [-0.3, -0.25) is 14.5 Å². The molecule has 1 aliphatic carbocycles. The Morgan fingerprint density at radius 3 is 2.76 bits per heavy atom. The minimum Gasteiger partial charge on any atom is -0.389 e. The van der Waals surface area contributed by atoms with E-state index in [0.29, 0.717) is 18.8 Å². The molecule has 134 valence electrons. The zero-order valence-corrected chi connectivity index (χ0v) is 16.7. The van der Waals surface area contributed by atoms with Crippen molar-refractivity contribution in [1.82, 2.24) is 19.7 Å². The van der Waals surface area contributed by atoms with Gasteiger partial charge >= 0.3 is 0 Å². The summed E-state index contributed by atoms with van der Waals surface area (Å²) < 4.78 is 2.63. The largest absolute Gasteiger partial charge is 0.389 e. The van der Waals surface area contributed by atoms with Gasteiger partial charge in [0.2, 0.25) is 0 Å². The van der Waals surface area contributed by atoms with E-state index < -0.39 is 5.60 Å². The van der Waals surface area contributed by atoms with Gasteiger partial charge in [0.05, 0.1) is 22.4 Å². The summed E-state index contributed by atoms with van der Waals surface area (Å²) in [5.74, 6) is 0.990. The second-order valence-electron chi connectivity index (χ2n) is 7.20. The molecular weight excluding hydrogens is 404 g/mol. The Morgan fingerprint density at radius 2 is 2.12 bits per heavy atom. The lowest BCUT2D eigenvalue weighted by molar-refractivity contribution is -0.0616. The molecule has 1 aliphatic heterocycles. The second-order valence-corrected chi connectivity index (χ2v) is 8.79. The normalized spacial score (nSPS) is 28.7. The number of rotatable bonds is 3. The zero-order chi connectivity index (χ0) is 17.8. The number of aliphatic hydroxyl groups is 1. The van der Waals surface area contributed by atoms with Crippen LogP contribution in [-0.2, 0) is 5.88 Å². The molecule has 2 atom stereocenters. The highest BCUT2D eigenvalue weighted by Crippen LogP contribution is 2.45. The Hall–Kier alpha value is -1.12. The van der Waals surface area contributed by atoms with Crippen LogP contribution in [0.25, 0.3) is 10.9 Å². The number of likely N-dealkylation sites (tertiary alicyclic amines) is 1. The van der Waals surface area contributed by atoms with E-state index in [9.17, 15) is 9.90 Å². The molecule has 0 spiro atoms. The first-order valence-electron chi connectivity index (χ1n) is 8.44. The van der Waals surface area contributed by atoms with E-state index >= 15 is 0 Å². The molecule has 1 saturated heterocycles. The predicted octanol–water partition coefficient (Wildman–Crippen LogP) is 2.75. The van der Waals surface area contributed by atoms with Crippen molar-refractivity contribution >= 4 is 44.5 Å². The maximum absolute atomic E-state index is 13.0. The summed E-state index contributed by atoms with van der Waals surface area (Å²) in [6.07, 6.45) is 5.71. The van der Waals surface area contributed by atoms with Crippen LogP contribution in [0, 0.1) is 11.8 Å². The van der Waals surface area contributed by atoms with Crippen LogP contribution in [0.5, 0.6) is 0 Å². The van der Waals surface area contributed by atoms with E-state index in [1.54, 1.807) is 18.0 Å². The van der Waals surface area contributed by atoms with Gasteiger partial charge < -0.3 is 10.0 Å². The maximum Gasteiger partial charge on any atom is 0.272 e. The van der Waals surface area contributed by atoms with Gasteiger partial charge in [0.25, 0.3) is 5.91 Å². The van der Waals surface area contributed by atoms with Gasteiger partial charge in [-0.1, -0.05) is 0 Å². The van der Waals surface area contributed by atoms with E-state index in [2.05, 4.69) is 26.0 Å². The molecular formula is C17H21BrN4O2S. The topological polar surface area (TPSA) is 71.2 Å². The molecule has 1 amide bonds. The third-order valence-corrected chi connectivity index (χ3v) is 6.84. The predicted molar refractivity (Wildman–Crippen MR) is 101 cm³/mol. The van der Waals surface area contributed by atoms with E-state index in [1.165, 1.54) is 0 Å². The van der Waals surface area contributed by atoms with Crippen molar-refractivity contribution in [3.05, 3.63) is 22.6 Å². The number of hydrogen-bond donors (Lipinski definition) is 1. The van der Waals surface area contributed by atoms with E-state index in [1.807, 2.05) is 28.8 Å². The molecule has 0 aromatic carbocycles. The van der Waals surface area contributed by atoms with Crippen LogP contribution in [0.15, 0.2) is 16.9 Å². The average Bonchev–Trinajstić information content (AvgIpc) is 2.92. The number of aromatic nitrogens is 3. The number of amides is 1. The van der Waals surface area contributed by atoms with Crippen LogP contribution in [0.3, 0.4) is 0 Å². The summed E-state index contributed by atoms with van der Waals surface area (Å²) in [4.78, 5) is 19.2. The summed E-state index contributed by atoms with van der Waals surface area (Å²) in [6, 6.07) is 1.83. The molecule has 6 nitrogen and oxygen atoms in total. The van der Waals surface area contributed by atoms with Gasteiger partial charge in [0, 0.05) is 31.1 Å². The number of carbonyl (C=O) groups is 1. The van der Waals surface area contributed by atoms with Crippen molar-refractivity contribution in [3.63, 3.8) is 0 Å². The molecule has 1 N–H and O–H groups in total. The summed E-state index contributed by atoms with van der Waals surface area (Å²) in [5, 5.41) is 16.0. The number of piperidine rings is 1. The minimum atomic E-state index is -0.643. The Labute approximate surface area is 159 Å². The van der Waals surface area contributed by atoms with Crippen LogP contribution < -0.4 is 0 Å². The molecule has 8 heteroatoms. The molecule has 1 saturated carbocycles. The number of thioether (sulfide) groups is 1. The molecule has 2 fully saturated rings. The van der Waals surface area contributed by atoms with Gasteiger partial charge in [-0.2, -0.15) is 5.10 Å². The minimum absolute atomic E-state index is 0.0534. The summed E-state index contributed by atoms with van der Waals surface area (Å²) >= 11 is 5.13. The Morgan fingerprint density at radius 1 is 1.44 bits per heavy atom. The fourth-order valence-corrected chi connectivity index (χ4v) is 5.11. The summed E-state index contributed by atoms with van der Waals surface area (Å²) in [7, 11) is 0. The molecule has 2 aliphatic rings. The van der Waals surface area contributed by atoms with Crippen LogP contribution in [-0.4, -0.2) is 55.6 Å². The van der Waals surface area contributed by atoms with Gasteiger partial charge in [-0.05, 0) is 48.0 Å². The molecule has 2 bridgehead atoms. The second kappa shape index (κ2) is 6.25. The maximum atomic E-state index is 13.0. The van der Waals surface area contributed by atoms with Crippen molar-refractivity contribution in [1.29, 1.82) is 0 Å². The van der Waals surface area contributed by atoms with Crippen LogP contribution in [0.2, 0.25) is 0 Å². The highest BCUT2D eigenvalue weighted by atomic mass is 79.9. The average molecular weight is 425 g/mol. The monoisotopic (exact) mass is 424 g/mol. The molecule has 4 rings (SSSR count). The Kier molecular flexibility index (Phi) is 4.32. The van der Waals surface area contributed by atoms with Crippen molar-refractivity contribution in [3.8, 4) is 0 Å². The Balaban J connectivity index is 1.64. The lowest BCUT2D eigenvalue weighted by atomic mass is 9.82. The molecule has 3 heterocycles. The van der Waals surface area contributed by atoms with Gasteiger partial charge in [0.1, 0.15) is 10.3 Å². The number of pyridine rings is 1. The quantitative estimate of drug-likeness (QED) is 0.819. The summed E-state index contributed by atoms with van der Waals surface area (Å²) in [6.45, 7) is 3.13. The fourth-order valence-electron chi connectivity index (χ4n) is 4.18. The number of fused-ring (bicyclic) bond motifs is 3. The first-order chi connectivity index (χ1) is 11.9.